The first-order valence-corrected chi connectivity index (χ1v) is 5.60. The molecule has 0 bridgehead atoms. The SMILES string of the molecule is C.C=P(C)(CC)CC. The third-order valence-electron chi connectivity index (χ3n) is 1.53. The van der Waals surface area contributed by atoms with Crippen molar-refractivity contribution < 1.29 is 0 Å². The molecule has 1 heteroatoms. The average molecular weight is 134 g/mol. The molecule has 0 aliphatic rings. The lowest BCUT2D eigenvalue weighted by Gasteiger charge is -2.11. The maximum atomic E-state index is 4.12. The highest BCUT2D eigenvalue weighted by molar-refractivity contribution is 7.72. The quantitative estimate of drug-likeness (QED) is 0.509. The van der Waals surface area contributed by atoms with Gasteiger partial charge in [0.05, 0.1) is 0 Å². The fraction of sp³-hybridized carbons (Fsp3) is 0.857. The maximum absolute atomic E-state index is 4.12. The fourth-order valence-corrected chi connectivity index (χ4v) is 0.671. The van der Waals surface area contributed by atoms with Crippen LogP contribution in [0.3, 0.4) is 0 Å². The van der Waals surface area contributed by atoms with E-state index < -0.39 is 6.89 Å². The molecule has 0 atom stereocenters. The second-order valence-electron chi connectivity index (χ2n) is 2.25. The van der Waals surface area contributed by atoms with Crippen LogP contribution in [0.2, 0.25) is 0 Å². The lowest BCUT2D eigenvalue weighted by molar-refractivity contribution is 1.41. The predicted molar refractivity (Wildman–Crippen MR) is 47.8 cm³/mol. The van der Waals surface area contributed by atoms with Gasteiger partial charge in [0.25, 0.3) is 0 Å². The van der Waals surface area contributed by atoms with Crippen molar-refractivity contribution in [2.45, 2.75) is 21.3 Å². The molecule has 0 aromatic carbocycles. The summed E-state index contributed by atoms with van der Waals surface area (Å²) in [5.74, 6) is 0. The summed E-state index contributed by atoms with van der Waals surface area (Å²) in [4.78, 5) is 0. The average Bonchev–Trinajstić information content (AvgIpc) is 1.68. The molecule has 0 aliphatic carbocycles. The number of hydrogen-bond donors (Lipinski definition) is 0. The summed E-state index contributed by atoms with van der Waals surface area (Å²) in [5, 5.41) is 0. The molecule has 0 aliphatic heterocycles. The van der Waals surface area contributed by atoms with Gasteiger partial charge in [0.1, 0.15) is 0 Å². The van der Waals surface area contributed by atoms with Crippen molar-refractivity contribution in [3.8, 4) is 0 Å². The third-order valence-corrected chi connectivity index (χ3v) is 4.58. The minimum atomic E-state index is -0.654. The van der Waals surface area contributed by atoms with Crippen molar-refractivity contribution in [1.29, 1.82) is 0 Å². The van der Waals surface area contributed by atoms with Crippen LogP contribution < -0.4 is 0 Å². The lowest BCUT2D eigenvalue weighted by Crippen LogP contribution is -1.84. The normalized spacial score (nSPS) is 10.4. The van der Waals surface area contributed by atoms with Crippen molar-refractivity contribution in [3.05, 3.63) is 0 Å². The first kappa shape index (κ1) is 11.1. The summed E-state index contributed by atoms with van der Waals surface area (Å²) in [5.41, 5.74) is 0. The number of hydrogen-bond acceptors (Lipinski definition) is 0. The summed E-state index contributed by atoms with van der Waals surface area (Å²) in [7, 11) is 0. The Kier molecular flexibility index (Phi) is 5.86. The van der Waals surface area contributed by atoms with Gasteiger partial charge in [-0.25, -0.2) is 0 Å². The van der Waals surface area contributed by atoms with Gasteiger partial charge in [-0.05, 0) is 19.0 Å². The highest BCUT2D eigenvalue weighted by atomic mass is 31.2. The van der Waals surface area contributed by atoms with Crippen LogP contribution in [0.15, 0.2) is 0 Å². The van der Waals surface area contributed by atoms with Gasteiger partial charge in [-0.2, -0.15) is 0 Å². The van der Waals surface area contributed by atoms with E-state index in [9.17, 15) is 0 Å². The van der Waals surface area contributed by atoms with Gasteiger partial charge in [0.2, 0.25) is 0 Å². The van der Waals surface area contributed by atoms with Crippen molar-refractivity contribution in [2.75, 3.05) is 19.0 Å². The third kappa shape index (κ3) is 4.46. The summed E-state index contributed by atoms with van der Waals surface area (Å²) in [6.45, 7) is 6.10. The van der Waals surface area contributed by atoms with Gasteiger partial charge < -0.3 is 0 Å². The Labute approximate surface area is 54.3 Å². The monoisotopic (exact) mass is 134 g/mol. The van der Waals surface area contributed by atoms with E-state index in [1.807, 2.05) is 0 Å². The molecular formula is C7H19P. The molecule has 0 aromatic rings. The molecule has 0 radical (unpaired) electrons. The minimum Gasteiger partial charge on any atom is -0.115 e. The molecule has 8 heavy (non-hydrogen) atoms. The standard InChI is InChI=1S/C6H15P.CH4/c1-5-7(3,4)6-2;/h3,5-6H2,1-2,4H3;1H4. The van der Waals surface area contributed by atoms with Crippen LogP contribution in [-0.2, 0) is 0 Å². The van der Waals surface area contributed by atoms with Gasteiger partial charge >= 0.3 is 0 Å². The summed E-state index contributed by atoms with van der Waals surface area (Å²) in [6, 6.07) is 0. The molecule has 0 N–H and O–H groups in total. The molecule has 0 spiro atoms. The predicted octanol–water partition coefficient (Wildman–Crippen LogP) is 2.74. The van der Waals surface area contributed by atoms with E-state index in [2.05, 4.69) is 26.8 Å². The summed E-state index contributed by atoms with van der Waals surface area (Å²) >= 11 is 0. The summed E-state index contributed by atoms with van der Waals surface area (Å²) in [6.07, 6.45) is 6.71. The van der Waals surface area contributed by atoms with Crippen LogP contribution >= 0.6 is 6.89 Å². The molecule has 52 valence electrons. The Morgan fingerprint density at radius 2 is 1.50 bits per heavy atom. The van der Waals surface area contributed by atoms with Crippen LogP contribution in [0, 0.1) is 0 Å². The first-order chi connectivity index (χ1) is 3.12. The van der Waals surface area contributed by atoms with Crippen LogP contribution in [0.4, 0.5) is 0 Å². The van der Waals surface area contributed by atoms with Gasteiger partial charge in [-0.15, -0.1) is 13.2 Å². The van der Waals surface area contributed by atoms with E-state index in [4.69, 9.17) is 0 Å². The minimum absolute atomic E-state index is 0. The molecule has 0 saturated heterocycles. The molecule has 0 amide bonds. The van der Waals surface area contributed by atoms with Crippen molar-refractivity contribution in [1.82, 2.24) is 0 Å². The summed E-state index contributed by atoms with van der Waals surface area (Å²) < 4.78 is 0. The van der Waals surface area contributed by atoms with E-state index in [0.717, 1.165) is 0 Å². The van der Waals surface area contributed by atoms with E-state index in [1.54, 1.807) is 0 Å². The first-order valence-electron chi connectivity index (χ1n) is 2.81. The van der Waals surface area contributed by atoms with Crippen LogP contribution in [0.5, 0.6) is 0 Å². The topological polar surface area (TPSA) is 0 Å². The second kappa shape index (κ2) is 4.21. The molecule has 0 unspecified atom stereocenters. The Balaban J connectivity index is 0. The van der Waals surface area contributed by atoms with Gasteiger partial charge in [0, 0.05) is 0 Å². The zero-order chi connectivity index (χ0) is 5.91. The largest absolute Gasteiger partial charge is 0.115 e. The second-order valence-corrected chi connectivity index (χ2v) is 6.76. The Morgan fingerprint density at radius 1 is 1.25 bits per heavy atom. The Bertz CT molecular complexity index is 76.4. The molecule has 0 nitrogen and oxygen atoms in total. The van der Waals surface area contributed by atoms with E-state index in [0.29, 0.717) is 0 Å². The zero-order valence-electron chi connectivity index (χ0n) is 5.57. The molecular weight excluding hydrogens is 115 g/mol. The highest BCUT2D eigenvalue weighted by Crippen LogP contribution is 2.38. The molecule has 0 saturated carbocycles. The maximum Gasteiger partial charge on any atom is -0.0363 e. The van der Waals surface area contributed by atoms with Gasteiger partial charge in [-0.3, -0.25) is 0 Å². The van der Waals surface area contributed by atoms with E-state index in [-0.39, 0.29) is 7.43 Å². The van der Waals surface area contributed by atoms with E-state index in [1.165, 1.54) is 12.3 Å². The Morgan fingerprint density at radius 3 is 1.50 bits per heavy atom. The lowest BCUT2D eigenvalue weighted by atomic mass is 11.0. The van der Waals surface area contributed by atoms with E-state index >= 15 is 0 Å². The molecule has 0 aromatic heterocycles. The Hall–Kier alpha value is 0.300. The fourth-order valence-electron chi connectivity index (χ4n) is 0.224. The van der Waals surface area contributed by atoms with Gasteiger partial charge in [0.15, 0.2) is 0 Å². The smallest absolute Gasteiger partial charge is 0.0363 e. The van der Waals surface area contributed by atoms with Crippen molar-refractivity contribution in [2.24, 2.45) is 0 Å². The highest BCUT2D eigenvalue weighted by Gasteiger charge is 1.96. The van der Waals surface area contributed by atoms with Crippen molar-refractivity contribution in [3.63, 3.8) is 0 Å². The molecule has 0 heterocycles. The zero-order valence-corrected chi connectivity index (χ0v) is 6.46. The van der Waals surface area contributed by atoms with Gasteiger partial charge in [-0.1, -0.05) is 21.3 Å². The molecule has 0 fully saturated rings. The number of rotatable bonds is 2. The molecule has 0 rings (SSSR count). The van der Waals surface area contributed by atoms with Crippen LogP contribution in [-0.4, -0.2) is 25.3 Å². The van der Waals surface area contributed by atoms with Crippen LogP contribution in [0.1, 0.15) is 21.3 Å². The van der Waals surface area contributed by atoms with Crippen LogP contribution in [0.25, 0.3) is 0 Å². The van der Waals surface area contributed by atoms with Crippen molar-refractivity contribution >= 4 is 13.2 Å².